The Kier molecular flexibility index (Phi) is 4.73. The van der Waals surface area contributed by atoms with Crippen molar-refractivity contribution < 1.29 is 9.53 Å². The number of benzene rings is 1. The SMILES string of the molecule is CCOC(=O)c1nnc(Sc2cccc(Br)c2)s1. The van der Waals surface area contributed by atoms with Crippen LogP contribution in [0.15, 0.2) is 38.0 Å². The molecule has 18 heavy (non-hydrogen) atoms. The normalized spacial score (nSPS) is 10.3. The fourth-order valence-corrected chi connectivity index (χ4v) is 3.49. The van der Waals surface area contributed by atoms with Crippen molar-refractivity contribution in [2.24, 2.45) is 0 Å². The number of carbonyl (C=O) groups excluding carboxylic acids is 1. The smallest absolute Gasteiger partial charge is 0.369 e. The zero-order chi connectivity index (χ0) is 13.0. The monoisotopic (exact) mass is 344 g/mol. The number of rotatable bonds is 4. The van der Waals surface area contributed by atoms with Gasteiger partial charge in [-0.3, -0.25) is 0 Å². The van der Waals surface area contributed by atoms with Crippen LogP contribution in [-0.4, -0.2) is 22.8 Å². The fourth-order valence-electron chi connectivity index (χ4n) is 1.16. The highest BCUT2D eigenvalue weighted by Crippen LogP contribution is 2.31. The molecule has 1 heterocycles. The molecule has 0 saturated heterocycles. The lowest BCUT2D eigenvalue weighted by Gasteiger charge is -1.97. The summed E-state index contributed by atoms with van der Waals surface area (Å²) in [5.41, 5.74) is 0. The third kappa shape index (κ3) is 3.54. The average Bonchev–Trinajstić information content (AvgIpc) is 2.78. The number of carbonyl (C=O) groups is 1. The van der Waals surface area contributed by atoms with E-state index in [1.54, 1.807) is 6.92 Å². The first kappa shape index (κ1) is 13.5. The van der Waals surface area contributed by atoms with Crippen LogP contribution >= 0.6 is 39.0 Å². The van der Waals surface area contributed by atoms with Crippen LogP contribution in [0.25, 0.3) is 0 Å². The number of nitrogens with zero attached hydrogens (tertiary/aromatic N) is 2. The molecule has 0 N–H and O–H groups in total. The maximum absolute atomic E-state index is 11.4. The lowest BCUT2D eigenvalue weighted by atomic mass is 10.4. The number of halogens is 1. The van der Waals surface area contributed by atoms with Gasteiger partial charge in [-0.2, -0.15) is 0 Å². The minimum atomic E-state index is -0.420. The third-order valence-corrected chi connectivity index (χ3v) is 4.29. The predicted octanol–water partition coefficient (Wildman–Crippen LogP) is 3.63. The van der Waals surface area contributed by atoms with Gasteiger partial charge in [0.25, 0.3) is 0 Å². The molecular formula is C11H9BrN2O2S2. The van der Waals surface area contributed by atoms with E-state index >= 15 is 0 Å². The standard InChI is InChI=1S/C11H9BrN2O2S2/c1-2-16-10(15)9-13-14-11(18-9)17-8-5-3-4-7(12)6-8/h3-6H,2H2,1H3. The number of esters is 1. The van der Waals surface area contributed by atoms with E-state index in [9.17, 15) is 4.79 Å². The Morgan fingerprint density at radius 2 is 2.33 bits per heavy atom. The highest BCUT2D eigenvalue weighted by molar-refractivity contribution is 9.10. The van der Waals surface area contributed by atoms with E-state index in [0.29, 0.717) is 6.61 Å². The van der Waals surface area contributed by atoms with Gasteiger partial charge >= 0.3 is 5.97 Å². The quantitative estimate of drug-likeness (QED) is 0.792. The number of ether oxygens (including phenoxy) is 1. The van der Waals surface area contributed by atoms with Crippen LogP contribution in [0.1, 0.15) is 16.7 Å². The molecule has 1 aromatic carbocycles. The summed E-state index contributed by atoms with van der Waals surface area (Å²) in [7, 11) is 0. The molecule has 0 atom stereocenters. The second-order valence-corrected chi connectivity index (χ2v) is 6.37. The van der Waals surface area contributed by atoms with E-state index in [4.69, 9.17) is 4.74 Å². The first-order valence-corrected chi connectivity index (χ1v) is 7.55. The highest BCUT2D eigenvalue weighted by Gasteiger charge is 2.14. The molecule has 0 spiro atoms. The molecule has 2 aromatic rings. The number of hydrogen-bond acceptors (Lipinski definition) is 6. The summed E-state index contributed by atoms with van der Waals surface area (Å²) >= 11 is 6.10. The second kappa shape index (κ2) is 6.31. The summed E-state index contributed by atoms with van der Waals surface area (Å²) in [4.78, 5) is 12.5. The predicted molar refractivity (Wildman–Crippen MR) is 74.1 cm³/mol. The van der Waals surface area contributed by atoms with Gasteiger partial charge in [-0.15, -0.1) is 10.2 Å². The van der Waals surface area contributed by atoms with Crippen molar-refractivity contribution in [2.45, 2.75) is 16.2 Å². The molecule has 0 fully saturated rings. The summed E-state index contributed by atoms with van der Waals surface area (Å²) in [5, 5.41) is 8.06. The van der Waals surface area contributed by atoms with Crippen molar-refractivity contribution in [1.29, 1.82) is 0 Å². The van der Waals surface area contributed by atoms with Crippen LogP contribution in [0.5, 0.6) is 0 Å². The molecule has 0 unspecified atom stereocenters. The number of aromatic nitrogens is 2. The van der Waals surface area contributed by atoms with E-state index in [-0.39, 0.29) is 5.01 Å². The summed E-state index contributed by atoms with van der Waals surface area (Å²) in [6.45, 7) is 2.10. The van der Waals surface area contributed by atoms with Crippen molar-refractivity contribution in [3.63, 3.8) is 0 Å². The van der Waals surface area contributed by atoms with Crippen LogP contribution < -0.4 is 0 Å². The van der Waals surface area contributed by atoms with E-state index in [1.807, 2.05) is 24.3 Å². The van der Waals surface area contributed by atoms with Gasteiger partial charge in [-0.05, 0) is 25.1 Å². The van der Waals surface area contributed by atoms with Gasteiger partial charge in [0.15, 0.2) is 4.34 Å². The van der Waals surface area contributed by atoms with Gasteiger partial charge in [-0.1, -0.05) is 45.1 Å². The molecular weight excluding hydrogens is 336 g/mol. The zero-order valence-corrected chi connectivity index (χ0v) is 12.6. The molecule has 2 rings (SSSR count). The van der Waals surface area contributed by atoms with E-state index in [0.717, 1.165) is 13.7 Å². The topological polar surface area (TPSA) is 52.1 Å². The molecule has 0 saturated carbocycles. The Hall–Kier alpha value is -0.920. The zero-order valence-electron chi connectivity index (χ0n) is 9.42. The molecule has 1 aromatic heterocycles. The molecule has 0 radical (unpaired) electrons. The molecule has 94 valence electrons. The Labute approximate surface area is 121 Å². The molecule has 7 heteroatoms. The van der Waals surface area contributed by atoms with Gasteiger partial charge in [0, 0.05) is 9.37 Å². The van der Waals surface area contributed by atoms with E-state index in [1.165, 1.54) is 23.1 Å². The second-order valence-electron chi connectivity index (χ2n) is 3.15. The molecule has 0 aliphatic carbocycles. The van der Waals surface area contributed by atoms with Crippen LogP contribution in [0.3, 0.4) is 0 Å². The largest absolute Gasteiger partial charge is 0.461 e. The van der Waals surface area contributed by atoms with Crippen LogP contribution in [-0.2, 0) is 4.74 Å². The van der Waals surface area contributed by atoms with E-state index in [2.05, 4.69) is 26.1 Å². The summed E-state index contributed by atoms with van der Waals surface area (Å²) in [5.74, 6) is -0.420. The van der Waals surface area contributed by atoms with Gasteiger partial charge in [-0.25, -0.2) is 4.79 Å². The van der Waals surface area contributed by atoms with Crippen molar-refractivity contribution in [2.75, 3.05) is 6.61 Å². The Bertz CT molecular complexity index is 559. The van der Waals surface area contributed by atoms with Crippen molar-refractivity contribution in [3.05, 3.63) is 33.7 Å². The van der Waals surface area contributed by atoms with Gasteiger partial charge in [0.2, 0.25) is 5.01 Å². The van der Waals surface area contributed by atoms with Crippen molar-refractivity contribution in [1.82, 2.24) is 10.2 Å². The lowest BCUT2D eigenvalue weighted by molar-refractivity contribution is 0.0525. The molecule has 0 bridgehead atoms. The summed E-state index contributed by atoms with van der Waals surface area (Å²) < 4.78 is 6.58. The van der Waals surface area contributed by atoms with Gasteiger partial charge in [0.05, 0.1) is 6.61 Å². The molecule has 0 aliphatic heterocycles. The van der Waals surface area contributed by atoms with E-state index < -0.39 is 5.97 Å². The van der Waals surface area contributed by atoms with Crippen molar-refractivity contribution in [3.8, 4) is 0 Å². The fraction of sp³-hybridized carbons (Fsp3) is 0.182. The minimum absolute atomic E-state index is 0.286. The van der Waals surface area contributed by atoms with Crippen LogP contribution in [0.4, 0.5) is 0 Å². The van der Waals surface area contributed by atoms with Gasteiger partial charge in [0.1, 0.15) is 0 Å². The summed E-state index contributed by atoms with van der Waals surface area (Å²) in [6.07, 6.45) is 0. The van der Waals surface area contributed by atoms with Gasteiger partial charge < -0.3 is 4.74 Å². The first-order chi connectivity index (χ1) is 8.69. The maximum Gasteiger partial charge on any atom is 0.369 e. The maximum atomic E-state index is 11.4. The Balaban J connectivity index is 2.09. The molecule has 0 amide bonds. The minimum Gasteiger partial charge on any atom is -0.461 e. The van der Waals surface area contributed by atoms with Crippen LogP contribution in [0, 0.1) is 0 Å². The average molecular weight is 345 g/mol. The third-order valence-electron chi connectivity index (χ3n) is 1.86. The summed E-state index contributed by atoms with van der Waals surface area (Å²) in [6, 6.07) is 7.85. The number of hydrogen-bond donors (Lipinski definition) is 0. The van der Waals surface area contributed by atoms with Crippen molar-refractivity contribution >= 4 is 45.0 Å². The Morgan fingerprint density at radius 3 is 3.06 bits per heavy atom. The van der Waals surface area contributed by atoms with Crippen LogP contribution in [0.2, 0.25) is 0 Å². The first-order valence-electron chi connectivity index (χ1n) is 5.13. The Morgan fingerprint density at radius 1 is 1.50 bits per heavy atom. The molecule has 0 aliphatic rings. The molecule has 4 nitrogen and oxygen atoms in total. The lowest BCUT2D eigenvalue weighted by Crippen LogP contribution is -2.03. The highest BCUT2D eigenvalue weighted by atomic mass is 79.9.